The van der Waals surface area contributed by atoms with Gasteiger partial charge in [-0.15, -0.1) is 0 Å². The number of rotatable bonds is 7. The predicted molar refractivity (Wildman–Crippen MR) is 89.6 cm³/mol. The number of carbonyl (C=O) groups excluding carboxylic acids is 2. The molecule has 0 spiro atoms. The van der Waals surface area contributed by atoms with Gasteiger partial charge in [-0.3, -0.25) is 9.59 Å². The average Bonchev–Trinajstić information content (AvgIpc) is 2.55. The molecule has 0 aliphatic carbocycles. The third kappa shape index (κ3) is 5.82. The van der Waals surface area contributed by atoms with Crippen molar-refractivity contribution in [2.75, 3.05) is 18.5 Å². The molecule has 0 aromatic heterocycles. The van der Waals surface area contributed by atoms with Crippen LogP contribution in [-0.4, -0.2) is 25.0 Å². The van der Waals surface area contributed by atoms with E-state index >= 15 is 0 Å². The molecule has 0 aliphatic heterocycles. The summed E-state index contributed by atoms with van der Waals surface area (Å²) in [5, 5.41) is 5.50. The summed E-state index contributed by atoms with van der Waals surface area (Å²) in [6.45, 7) is 2.53. The van der Waals surface area contributed by atoms with Gasteiger partial charge in [-0.1, -0.05) is 18.2 Å². The Morgan fingerprint density at radius 2 is 1.70 bits per heavy atom. The second-order valence-corrected chi connectivity index (χ2v) is 5.03. The zero-order valence-corrected chi connectivity index (χ0v) is 13.0. The Labute approximate surface area is 135 Å². The maximum Gasteiger partial charge on any atom is 0.251 e. The first kappa shape index (κ1) is 16.5. The van der Waals surface area contributed by atoms with Crippen LogP contribution in [-0.2, 0) is 4.79 Å². The Bertz CT molecular complexity index is 639. The van der Waals surface area contributed by atoms with Gasteiger partial charge in [0.1, 0.15) is 5.75 Å². The molecule has 0 saturated carbocycles. The number of anilines is 1. The van der Waals surface area contributed by atoms with Crippen molar-refractivity contribution in [3.8, 4) is 5.75 Å². The van der Waals surface area contributed by atoms with Gasteiger partial charge in [0, 0.05) is 24.7 Å². The molecule has 2 rings (SSSR count). The summed E-state index contributed by atoms with van der Waals surface area (Å²) in [5.41, 5.74) is 1.23. The van der Waals surface area contributed by atoms with Crippen LogP contribution in [0.15, 0.2) is 54.6 Å². The lowest BCUT2D eigenvalue weighted by molar-refractivity contribution is -0.114. The molecule has 0 fully saturated rings. The summed E-state index contributed by atoms with van der Waals surface area (Å²) in [5.74, 6) is 0.548. The largest absolute Gasteiger partial charge is 0.494 e. The van der Waals surface area contributed by atoms with Crippen molar-refractivity contribution in [3.05, 3.63) is 60.2 Å². The Morgan fingerprint density at radius 1 is 1.00 bits per heavy atom. The van der Waals surface area contributed by atoms with Crippen molar-refractivity contribution in [1.82, 2.24) is 5.32 Å². The van der Waals surface area contributed by atoms with E-state index in [9.17, 15) is 9.59 Å². The Morgan fingerprint density at radius 3 is 2.35 bits per heavy atom. The number of ether oxygens (including phenoxy) is 1. The van der Waals surface area contributed by atoms with Crippen molar-refractivity contribution in [2.45, 2.75) is 13.3 Å². The molecule has 0 radical (unpaired) electrons. The van der Waals surface area contributed by atoms with Crippen LogP contribution in [0.25, 0.3) is 0 Å². The first-order chi connectivity index (χ1) is 11.1. The number of hydrogen-bond acceptors (Lipinski definition) is 3. The van der Waals surface area contributed by atoms with Gasteiger partial charge < -0.3 is 15.4 Å². The van der Waals surface area contributed by atoms with Crippen LogP contribution in [0.4, 0.5) is 5.69 Å². The van der Waals surface area contributed by atoms with E-state index in [4.69, 9.17) is 4.74 Å². The Balaban J connectivity index is 1.69. The van der Waals surface area contributed by atoms with Crippen molar-refractivity contribution in [3.63, 3.8) is 0 Å². The summed E-state index contributed by atoms with van der Waals surface area (Å²) in [6.07, 6.45) is 0.727. The third-order valence-corrected chi connectivity index (χ3v) is 3.09. The van der Waals surface area contributed by atoms with Crippen LogP contribution in [0.3, 0.4) is 0 Å². The molecular formula is C18H20N2O3. The zero-order valence-electron chi connectivity index (χ0n) is 13.0. The summed E-state index contributed by atoms with van der Waals surface area (Å²) in [4.78, 5) is 22.9. The van der Waals surface area contributed by atoms with Gasteiger partial charge in [0.25, 0.3) is 5.91 Å². The van der Waals surface area contributed by atoms with E-state index in [0.29, 0.717) is 24.4 Å². The topological polar surface area (TPSA) is 67.4 Å². The fourth-order valence-electron chi connectivity index (χ4n) is 1.99. The molecule has 2 aromatic carbocycles. The normalized spacial score (nSPS) is 9.96. The minimum Gasteiger partial charge on any atom is -0.494 e. The van der Waals surface area contributed by atoms with Crippen LogP contribution >= 0.6 is 0 Å². The summed E-state index contributed by atoms with van der Waals surface area (Å²) in [6, 6.07) is 16.3. The highest BCUT2D eigenvalue weighted by Gasteiger charge is 2.05. The minimum atomic E-state index is -0.140. The second-order valence-electron chi connectivity index (χ2n) is 5.03. The first-order valence-electron chi connectivity index (χ1n) is 7.49. The summed E-state index contributed by atoms with van der Waals surface area (Å²) < 4.78 is 5.55. The van der Waals surface area contributed by atoms with E-state index in [1.807, 2.05) is 30.3 Å². The van der Waals surface area contributed by atoms with Crippen molar-refractivity contribution in [1.29, 1.82) is 0 Å². The van der Waals surface area contributed by atoms with Gasteiger partial charge >= 0.3 is 0 Å². The smallest absolute Gasteiger partial charge is 0.251 e. The van der Waals surface area contributed by atoms with E-state index in [0.717, 1.165) is 12.2 Å². The number of para-hydroxylation sites is 1. The number of amides is 2. The zero-order chi connectivity index (χ0) is 16.5. The number of hydrogen-bond donors (Lipinski definition) is 2. The number of benzene rings is 2. The lowest BCUT2D eigenvalue weighted by Gasteiger charge is -2.08. The summed E-state index contributed by atoms with van der Waals surface area (Å²) in [7, 11) is 0. The van der Waals surface area contributed by atoms with Gasteiger partial charge in [0.2, 0.25) is 5.91 Å². The molecular weight excluding hydrogens is 292 g/mol. The number of nitrogens with one attached hydrogen (secondary N) is 2. The second kappa shape index (κ2) is 8.58. The molecule has 0 atom stereocenters. The van der Waals surface area contributed by atoms with E-state index in [1.165, 1.54) is 6.92 Å². The molecule has 0 bridgehead atoms. The van der Waals surface area contributed by atoms with Crippen LogP contribution in [0.5, 0.6) is 5.75 Å². The van der Waals surface area contributed by atoms with Gasteiger partial charge in [0.05, 0.1) is 6.61 Å². The lowest BCUT2D eigenvalue weighted by atomic mass is 10.2. The molecule has 0 unspecified atom stereocenters. The fraction of sp³-hybridized carbons (Fsp3) is 0.222. The van der Waals surface area contributed by atoms with Crippen LogP contribution in [0.2, 0.25) is 0 Å². The fourth-order valence-corrected chi connectivity index (χ4v) is 1.99. The van der Waals surface area contributed by atoms with Crippen LogP contribution in [0, 0.1) is 0 Å². The van der Waals surface area contributed by atoms with Crippen LogP contribution in [0.1, 0.15) is 23.7 Å². The molecule has 5 nitrogen and oxygen atoms in total. The lowest BCUT2D eigenvalue weighted by Crippen LogP contribution is -2.25. The Kier molecular flexibility index (Phi) is 6.17. The SMILES string of the molecule is CC(=O)Nc1ccc(C(=O)NCCCOc2ccccc2)cc1. The highest BCUT2D eigenvalue weighted by Crippen LogP contribution is 2.10. The minimum absolute atomic E-state index is 0.138. The van der Waals surface area contributed by atoms with Crippen LogP contribution < -0.4 is 15.4 Å². The van der Waals surface area contributed by atoms with Gasteiger partial charge in [-0.2, -0.15) is 0 Å². The maximum absolute atomic E-state index is 12.0. The first-order valence-corrected chi connectivity index (χ1v) is 7.49. The maximum atomic E-state index is 12.0. The molecule has 2 amide bonds. The third-order valence-electron chi connectivity index (χ3n) is 3.09. The van der Waals surface area contributed by atoms with Crippen molar-refractivity contribution in [2.24, 2.45) is 0 Å². The van der Waals surface area contributed by atoms with Gasteiger partial charge in [-0.25, -0.2) is 0 Å². The van der Waals surface area contributed by atoms with Crippen molar-refractivity contribution >= 4 is 17.5 Å². The molecule has 2 N–H and O–H groups in total. The molecule has 0 aliphatic rings. The monoisotopic (exact) mass is 312 g/mol. The highest BCUT2D eigenvalue weighted by atomic mass is 16.5. The molecule has 120 valence electrons. The number of carbonyl (C=O) groups is 2. The highest BCUT2D eigenvalue weighted by molar-refractivity contribution is 5.95. The molecule has 0 heterocycles. The van der Waals surface area contributed by atoms with E-state index in [2.05, 4.69) is 10.6 Å². The van der Waals surface area contributed by atoms with Gasteiger partial charge in [0.15, 0.2) is 0 Å². The molecule has 5 heteroatoms. The van der Waals surface area contributed by atoms with E-state index in [1.54, 1.807) is 24.3 Å². The van der Waals surface area contributed by atoms with E-state index in [-0.39, 0.29) is 11.8 Å². The standard InChI is InChI=1S/C18H20N2O3/c1-14(21)20-16-10-8-15(9-11-16)18(22)19-12-5-13-23-17-6-3-2-4-7-17/h2-4,6-11H,5,12-13H2,1H3,(H,19,22)(H,20,21). The molecule has 0 saturated heterocycles. The van der Waals surface area contributed by atoms with E-state index < -0.39 is 0 Å². The van der Waals surface area contributed by atoms with Gasteiger partial charge in [-0.05, 0) is 42.8 Å². The molecule has 2 aromatic rings. The predicted octanol–water partition coefficient (Wildman–Crippen LogP) is 2.84. The Hall–Kier alpha value is -2.82. The average molecular weight is 312 g/mol. The summed E-state index contributed by atoms with van der Waals surface area (Å²) >= 11 is 0. The van der Waals surface area contributed by atoms with Crippen molar-refractivity contribution < 1.29 is 14.3 Å². The quantitative estimate of drug-likeness (QED) is 0.773. The molecule has 23 heavy (non-hydrogen) atoms.